The molecule has 0 saturated heterocycles. The highest BCUT2D eigenvalue weighted by Gasteiger charge is 2.50. The molecule has 6 N–H and O–H groups in total. The summed E-state index contributed by atoms with van der Waals surface area (Å²) in [4.78, 5) is 98.1. The first kappa shape index (κ1) is 44.0. The van der Waals surface area contributed by atoms with Crippen LogP contribution in [-0.4, -0.2) is 93.0 Å². The van der Waals surface area contributed by atoms with Gasteiger partial charge in [0.1, 0.15) is 23.8 Å². The number of carbonyl (C=O) groups is 7. The number of carboxylic acid groups (broad SMARTS) is 1. The van der Waals surface area contributed by atoms with Gasteiger partial charge in [-0.2, -0.15) is 0 Å². The summed E-state index contributed by atoms with van der Waals surface area (Å²) in [7, 11) is 0. The molecule has 1 aromatic heterocycles. The summed E-state index contributed by atoms with van der Waals surface area (Å²) in [5.41, 5.74) is 0.603. The van der Waals surface area contributed by atoms with Gasteiger partial charge in [-0.05, 0) is 36.2 Å². The molecule has 0 spiro atoms. The first-order valence-electron chi connectivity index (χ1n) is 18.4. The molecule has 0 radical (unpaired) electrons. The number of alkyl halides is 2. The number of nitrogens with zero attached hydrogens (tertiary/aromatic N) is 2. The van der Waals surface area contributed by atoms with Gasteiger partial charge >= 0.3 is 5.97 Å². The highest BCUT2D eigenvalue weighted by molar-refractivity contribution is 6.38. The van der Waals surface area contributed by atoms with Crippen LogP contribution in [0.1, 0.15) is 82.8 Å². The van der Waals surface area contributed by atoms with Crippen molar-refractivity contribution < 1.29 is 47.4 Å². The third-order valence-electron chi connectivity index (χ3n) is 9.52. The van der Waals surface area contributed by atoms with Gasteiger partial charge in [0, 0.05) is 44.1 Å². The SMILES string of the molecule is CCCC(NC(=O)C[C@H]1CCC(F)(F)[C@H]1CNC(=O)[C@@H](NC(=O)[C@H](NC(=O)c1cnccn1)C(C)C)C(C)C)C(=O)C(=O)N[C@@H](Cc1ccccc1)C(=O)O. The van der Waals surface area contributed by atoms with Crippen molar-refractivity contribution in [1.29, 1.82) is 0 Å². The summed E-state index contributed by atoms with van der Waals surface area (Å²) in [6.07, 6.45) is 3.24. The summed E-state index contributed by atoms with van der Waals surface area (Å²) in [6.45, 7) is 7.90. The number of Topliss-reactive ketones (excluding diaryl/α,β-unsaturated/α-hetero) is 1. The van der Waals surface area contributed by atoms with E-state index in [-0.39, 0.29) is 25.0 Å². The average molecular weight is 772 g/mol. The average Bonchev–Trinajstić information content (AvgIpc) is 3.42. The fraction of sp³-hybridized carbons (Fsp3) is 0.553. The molecule has 300 valence electrons. The molecule has 1 aromatic carbocycles. The lowest BCUT2D eigenvalue weighted by atomic mass is 9.90. The Morgan fingerprint density at radius 3 is 2.11 bits per heavy atom. The van der Waals surface area contributed by atoms with E-state index in [0.29, 0.717) is 12.0 Å². The van der Waals surface area contributed by atoms with E-state index >= 15 is 8.78 Å². The molecule has 0 bridgehead atoms. The van der Waals surface area contributed by atoms with Crippen molar-refractivity contribution in [3.63, 3.8) is 0 Å². The number of nitrogens with one attached hydrogen (secondary N) is 5. The van der Waals surface area contributed by atoms with Gasteiger partial charge in [0.15, 0.2) is 0 Å². The molecule has 1 aliphatic carbocycles. The van der Waals surface area contributed by atoms with Gasteiger partial charge in [-0.3, -0.25) is 33.8 Å². The van der Waals surface area contributed by atoms with Crippen LogP contribution in [0.5, 0.6) is 0 Å². The maximum atomic E-state index is 15.2. The lowest BCUT2D eigenvalue weighted by molar-refractivity contribution is -0.145. The number of aliphatic carboxylic acids is 1. The number of carbonyl (C=O) groups excluding carboxylic acids is 6. The number of amides is 5. The van der Waals surface area contributed by atoms with Gasteiger partial charge in [0.05, 0.1) is 12.2 Å². The topological polar surface area (TPSA) is 226 Å². The predicted molar refractivity (Wildman–Crippen MR) is 195 cm³/mol. The highest BCUT2D eigenvalue weighted by Crippen LogP contribution is 2.45. The maximum absolute atomic E-state index is 15.2. The molecule has 55 heavy (non-hydrogen) atoms. The Hall–Kier alpha value is -5.35. The largest absolute Gasteiger partial charge is 0.480 e. The van der Waals surface area contributed by atoms with E-state index in [4.69, 9.17) is 0 Å². The number of rotatable bonds is 20. The predicted octanol–water partition coefficient (Wildman–Crippen LogP) is 2.21. The number of hydrogen-bond donors (Lipinski definition) is 6. The van der Waals surface area contributed by atoms with Gasteiger partial charge in [0.25, 0.3) is 17.7 Å². The Morgan fingerprint density at radius 2 is 1.53 bits per heavy atom. The van der Waals surface area contributed by atoms with Gasteiger partial charge in [0.2, 0.25) is 23.5 Å². The van der Waals surface area contributed by atoms with Gasteiger partial charge < -0.3 is 31.7 Å². The molecule has 1 aliphatic rings. The van der Waals surface area contributed by atoms with Crippen LogP contribution in [0.2, 0.25) is 0 Å². The lowest BCUT2D eigenvalue weighted by Gasteiger charge is -2.29. The zero-order chi connectivity index (χ0) is 40.9. The van der Waals surface area contributed by atoms with Crippen molar-refractivity contribution in [3.05, 3.63) is 60.2 Å². The first-order valence-corrected chi connectivity index (χ1v) is 18.4. The number of ketones is 1. The van der Waals surface area contributed by atoms with Crippen molar-refractivity contribution >= 4 is 41.3 Å². The van der Waals surface area contributed by atoms with E-state index in [2.05, 4.69) is 36.6 Å². The van der Waals surface area contributed by atoms with Crippen LogP contribution >= 0.6 is 0 Å². The second-order valence-electron chi connectivity index (χ2n) is 14.5. The second-order valence-corrected chi connectivity index (χ2v) is 14.5. The Morgan fingerprint density at radius 1 is 0.873 bits per heavy atom. The summed E-state index contributed by atoms with van der Waals surface area (Å²) in [6, 6.07) is 3.54. The van der Waals surface area contributed by atoms with E-state index in [1.807, 2.05) is 0 Å². The molecule has 0 aliphatic heterocycles. The van der Waals surface area contributed by atoms with Crippen LogP contribution in [0.3, 0.4) is 0 Å². The normalized spacial score (nSPS) is 18.3. The van der Waals surface area contributed by atoms with Crippen molar-refractivity contribution in [2.24, 2.45) is 23.7 Å². The molecule has 17 heteroatoms. The Labute approximate surface area is 318 Å². The van der Waals surface area contributed by atoms with Gasteiger partial charge in [-0.15, -0.1) is 0 Å². The number of halogens is 2. The molecular weight excluding hydrogens is 720 g/mol. The number of benzene rings is 1. The minimum Gasteiger partial charge on any atom is -0.480 e. The highest BCUT2D eigenvalue weighted by atomic mass is 19.3. The van der Waals surface area contributed by atoms with Crippen LogP contribution in [0.15, 0.2) is 48.9 Å². The molecule has 1 unspecified atom stereocenters. The third kappa shape index (κ3) is 12.9. The second kappa shape index (κ2) is 20.4. The van der Waals surface area contributed by atoms with E-state index in [1.165, 1.54) is 18.6 Å². The zero-order valence-corrected chi connectivity index (χ0v) is 31.6. The minimum atomic E-state index is -3.24. The van der Waals surface area contributed by atoms with Crippen LogP contribution in [-0.2, 0) is 35.2 Å². The molecule has 1 heterocycles. The standard InChI is InChI=1S/C38H51F2N7O8/c1-6-10-26(32(49)36(53)45-27(37(54)55)17-23-11-8-7-9-12-23)44-29(48)18-24-13-14-38(39,40)25(24)19-43-34(51)30(21(2)3)47-35(52)31(22(4)5)46-33(50)28-20-41-15-16-42-28/h7-9,11-12,15-16,20-22,24-27,30-31H,6,10,13-14,17-19H2,1-5H3,(H,43,51)(H,44,48)(H,45,53)(H,46,50)(H,47,52)(H,54,55)/t24-,25+,26?,27+,30+,31-/m1/s1. The van der Waals surface area contributed by atoms with Crippen molar-refractivity contribution in [2.45, 2.75) is 103 Å². The van der Waals surface area contributed by atoms with E-state index in [1.54, 1.807) is 65.0 Å². The molecule has 5 amide bonds. The van der Waals surface area contributed by atoms with Gasteiger partial charge in [-0.25, -0.2) is 18.6 Å². The molecule has 3 rings (SSSR count). The Balaban J connectivity index is 1.63. The quantitative estimate of drug-likeness (QED) is 0.108. The molecular formula is C38H51F2N7O8. The minimum absolute atomic E-state index is 0.0128. The van der Waals surface area contributed by atoms with Crippen LogP contribution < -0.4 is 26.6 Å². The molecule has 1 fully saturated rings. The van der Waals surface area contributed by atoms with Gasteiger partial charge in [-0.1, -0.05) is 71.4 Å². The Bertz CT molecular complexity index is 1660. The molecule has 2 aromatic rings. The summed E-state index contributed by atoms with van der Waals surface area (Å²) in [5.74, 6) is -12.9. The number of hydrogen-bond acceptors (Lipinski definition) is 9. The molecule has 1 saturated carbocycles. The van der Waals surface area contributed by atoms with Crippen LogP contribution in [0, 0.1) is 23.7 Å². The third-order valence-corrected chi connectivity index (χ3v) is 9.52. The van der Waals surface area contributed by atoms with Crippen LogP contribution in [0.25, 0.3) is 0 Å². The number of aromatic nitrogens is 2. The smallest absolute Gasteiger partial charge is 0.326 e. The fourth-order valence-corrected chi connectivity index (χ4v) is 6.42. The first-order chi connectivity index (χ1) is 25.9. The molecule has 6 atom stereocenters. The fourth-order valence-electron chi connectivity index (χ4n) is 6.42. The maximum Gasteiger partial charge on any atom is 0.326 e. The van der Waals surface area contributed by atoms with Crippen LogP contribution in [0.4, 0.5) is 8.78 Å². The van der Waals surface area contributed by atoms with Crippen molar-refractivity contribution in [2.75, 3.05) is 6.54 Å². The summed E-state index contributed by atoms with van der Waals surface area (Å²) >= 11 is 0. The van der Waals surface area contributed by atoms with E-state index in [0.717, 1.165) is 0 Å². The Kier molecular flexibility index (Phi) is 16.3. The van der Waals surface area contributed by atoms with E-state index < -0.39 is 114 Å². The number of carboxylic acids is 1. The van der Waals surface area contributed by atoms with Crippen molar-refractivity contribution in [3.8, 4) is 0 Å². The monoisotopic (exact) mass is 771 g/mol. The van der Waals surface area contributed by atoms with E-state index in [9.17, 15) is 38.7 Å². The summed E-state index contributed by atoms with van der Waals surface area (Å²) < 4.78 is 30.4. The zero-order valence-electron chi connectivity index (χ0n) is 31.6. The van der Waals surface area contributed by atoms with Crippen molar-refractivity contribution in [1.82, 2.24) is 36.6 Å². The lowest BCUT2D eigenvalue weighted by Crippen LogP contribution is -2.57. The summed E-state index contributed by atoms with van der Waals surface area (Å²) in [5, 5.41) is 22.1. The molecule has 15 nitrogen and oxygen atoms in total.